The predicted octanol–water partition coefficient (Wildman–Crippen LogP) is 3.28. The zero-order chi connectivity index (χ0) is 11.9. The Bertz CT molecular complexity index is 107. The molecular formula is C13H32OSi2. The number of hydrogen-bond acceptors (Lipinski definition) is 1. The summed E-state index contributed by atoms with van der Waals surface area (Å²) in [5.41, 5.74) is 0. The van der Waals surface area contributed by atoms with Gasteiger partial charge in [-0.3, -0.25) is 0 Å². The average molecular weight is 261 g/mol. The van der Waals surface area contributed by atoms with Crippen LogP contribution in [0.2, 0.25) is 18.1 Å². The van der Waals surface area contributed by atoms with E-state index in [9.17, 15) is 0 Å². The zero-order valence-corrected chi connectivity index (χ0v) is 14.4. The normalized spacial score (nSPS) is 12.4. The number of hydrogen-bond donors (Lipinski definition) is 0. The Morgan fingerprint density at radius 3 is 2.00 bits per heavy atom. The van der Waals surface area contributed by atoms with E-state index in [-0.39, 0.29) is 9.76 Å². The maximum atomic E-state index is 5.46. The fraction of sp³-hybridized carbons (Fsp3) is 1.00. The van der Waals surface area contributed by atoms with Crippen LogP contribution in [0.4, 0.5) is 0 Å². The molecule has 98 valence electrons. The topological polar surface area (TPSA) is 9.23 Å². The molecule has 0 radical (unpaired) electrons. The van der Waals surface area contributed by atoms with Crippen molar-refractivity contribution >= 4 is 19.3 Å². The molecule has 0 N–H and O–H groups in total. The highest BCUT2D eigenvalue weighted by Gasteiger charge is 1.93. The Labute approximate surface area is 108 Å². The smallest absolute Gasteiger partial charge is 0.161 e. The zero-order valence-electron chi connectivity index (χ0n) is 11.6. The first-order valence-corrected chi connectivity index (χ1v) is 11.1. The number of rotatable bonds is 13. The Kier molecular flexibility index (Phi) is 15.8. The van der Waals surface area contributed by atoms with Gasteiger partial charge in [-0.15, -0.1) is 0 Å². The summed E-state index contributed by atoms with van der Waals surface area (Å²) in [6.45, 7) is 5.36. The van der Waals surface area contributed by atoms with Gasteiger partial charge in [0, 0.05) is 16.1 Å². The van der Waals surface area contributed by atoms with Gasteiger partial charge in [0.15, 0.2) is 9.76 Å². The first-order chi connectivity index (χ1) is 7.91. The van der Waals surface area contributed by atoms with Gasteiger partial charge in [-0.2, -0.15) is 0 Å². The molecule has 3 heteroatoms. The fourth-order valence-corrected chi connectivity index (χ4v) is 4.62. The van der Waals surface area contributed by atoms with Crippen molar-refractivity contribution in [3.05, 3.63) is 0 Å². The summed E-state index contributed by atoms with van der Waals surface area (Å²) in [5, 5.41) is 0. The summed E-state index contributed by atoms with van der Waals surface area (Å²) < 4.78 is 5.46. The van der Waals surface area contributed by atoms with Gasteiger partial charge in [-0.25, -0.2) is 0 Å². The van der Waals surface area contributed by atoms with Crippen LogP contribution in [0.25, 0.3) is 0 Å². The van der Waals surface area contributed by atoms with Crippen LogP contribution in [0.15, 0.2) is 0 Å². The second-order valence-electron chi connectivity index (χ2n) is 4.73. The molecule has 0 bridgehead atoms. The molecule has 0 aromatic heterocycles. The molecule has 0 spiro atoms. The van der Waals surface area contributed by atoms with Crippen molar-refractivity contribution in [2.24, 2.45) is 0 Å². The third-order valence-corrected chi connectivity index (χ3v) is 6.79. The Morgan fingerprint density at radius 1 is 0.750 bits per heavy atom. The maximum Gasteiger partial charge on any atom is 0.161 e. The van der Waals surface area contributed by atoms with Crippen molar-refractivity contribution in [2.75, 3.05) is 6.61 Å². The van der Waals surface area contributed by atoms with Crippen LogP contribution in [-0.2, 0) is 4.43 Å². The van der Waals surface area contributed by atoms with Crippen molar-refractivity contribution < 1.29 is 4.43 Å². The van der Waals surface area contributed by atoms with Gasteiger partial charge < -0.3 is 4.43 Å². The molecular weight excluding hydrogens is 228 g/mol. The lowest BCUT2D eigenvalue weighted by molar-refractivity contribution is 0.358. The molecule has 0 aliphatic heterocycles. The standard InChI is InChI=1S/C13H32OSi2/c1-3-11-15-12-9-7-5-6-8-10-13-16-14-4-2/h3-13,15-16H2,1-2H3. The van der Waals surface area contributed by atoms with E-state index in [2.05, 4.69) is 13.8 Å². The maximum absolute atomic E-state index is 5.46. The highest BCUT2D eigenvalue weighted by atomic mass is 28.2. The molecule has 0 unspecified atom stereocenters. The Hall–Kier alpha value is 0.394. The first-order valence-electron chi connectivity index (χ1n) is 7.49. The summed E-state index contributed by atoms with van der Waals surface area (Å²) in [6, 6.07) is 4.57. The van der Waals surface area contributed by atoms with Gasteiger partial charge >= 0.3 is 0 Å². The second kappa shape index (κ2) is 15.4. The van der Waals surface area contributed by atoms with Crippen LogP contribution in [0.5, 0.6) is 0 Å². The summed E-state index contributed by atoms with van der Waals surface area (Å²) >= 11 is 0. The van der Waals surface area contributed by atoms with Crippen LogP contribution >= 0.6 is 0 Å². The molecule has 0 atom stereocenters. The van der Waals surface area contributed by atoms with Crippen LogP contribution in [0, 0.1) is 0 Å². The van der Waals surface area contributed by atoms with Crippen molar-refractivity contribution in [1.29, 1.82) is 0 Å². The van der Waals surface area contributed by atoms with Gasteiger partial charge in [0.05, 0.1) is 0 Å². The summed E-state index contributed by atoms with van der Waals surface area (Å²) in [6.07, 6.45) is 10.3. The lowest BCUT2D eigenvalue weighted by Crippen LogP contribution is -1.96. The quantitative estimate of drug-likeness (QED) is 0.365. The molecule has 0 amide bonds. The molecule has 0 fully saturated rings. The van der Waals surface area contributed by atoms with Crippen molar-refractivity contribution in [2.45, 2.75) is 76.9 Å². The van der Waals surface area contributed by atoms with Crippen molar-refractivity contribution in [3.63, 3.8) is 0 Å². The predicted molar refractivity (Wildman–Crippen MR) is 81.1 cm³/mol. The molecule has 0 aliphatic carbocycles. The summed E-state index contributed by atoms with van der Waals surface area (Å²) in [4.78, 5) is 0. The number of unbranched alkanes of at least 4 members (excludes halogenated alkanes) is 5. The SMILES string of the molecule is CCC[SiH2]CCCCCCCC[SiH2]OCC. The van der Waals surface area contributed by atoms with Gasteiger partial charge in [-0.1, -0.05) is 64.0 Å². The fourth-order valence-electron chi connectivity index (χ4n) is 2.01. The highest BCUT2D eigenvalue weighted by Crippen LogP contribution is 2.09. The lowest BCUT2D eigenvalue weighted by Gasteiger charge is -2.02. The molecule has 0 aliphatic rings. The van der Waals surface area contributed by atoms with E-state index in [1.165, 1.54) is 51.0 Å². The van der Waals surface area contributed by atoms with E-state index in [0.717, 1.165) is 6.61 Å². The van der Waals surface area contributed by atoms with Gasteiger partial charge in [-0.05, 0) is 13.0 Å². The van der Waals surface area contributed by atoms with E-state index in [4.69, 9.17) is 4.43 Å². The molecule has 0 heterocycles. The molecule has 0 rings (SSSR count). The molecule has 1 nitrogen and oxygen atoms in total. The molecule has 0 aromatic rings. The van der Waals surface area contributed by atoms with Crippen molar-refractivity contribution in [3.8, 4) is 0 Å². The largest absolute Gasteiger partial charge is 0.424 e. The molecule has 0 saturated heterocycles. The molecule has 16 heavy (non-hydrogen) atoms. The summed E-state index contributed by atoms with van der Waals surface area (Å²) in [7, 11) is 0.210. The van der Waals surface area contributed by atoms with E-state index in [0.29, 0.717) is 9.52 Å². The average Bonchev–Trinajstić information content (AvgIpc) is 2.31. The van der Waals surface area contributed by atoms with Crippen LogP contribution < -0.4 is 0 Å². The highest BCUT2D eigenvalue weighted by molar-refractivity contribution is 6.35. The van der Waals surface area contributed by atoms with E-state index < -0.39 is 0 Å². The molecule has 0 saturated carbocycles. The van der Waals surface area contributed by atoms with Crippen molar-refractivity contribution in [1.82, 2.24) is 0 Å². The van der Waals surface area contributed by atoms with E-state index in [1.807, 2.05) is 0 Å². The lowest BCUT2D eigenvalue weighted by atomic mass is 10.1. The third-order valence-electron chi connectivity index (χ3n) is 3.10. The Balaban J connectivity index is 2.83. The van der Waals surface area contributed by atoms with Gasteiger partial charge in [0.1, 0.15) is 0 Å². The van der Waals surface area contributed by atoms with Gasteiger partial charge in [0.2, 0.25) is 0 Å². The van der Waals surface area contributed by atoms with Gasteiger partial charge in [0.25, 0.3) is 0 Å². The minimum Gasteiger partial charge on any atom is -0.424 e. The second-order valence-corrected chi connectivity index (χ2v) is 8.38. The first kappa shape index (κ1) is 16.4. The third kappa shape index (κ3) is 14.4. The Morgan fingerprint density at radius 2 is 1.38 bits per heavy atom. The summed E-state index contributed by atoms with van der Waals surface area (Å²) in [5.74, 6) is 0. The van der Waals surface area contributed by atoms with Crippen LogP contribution in [0.3, 0.4) is 0 Å². The monoisotopic (exact) mass is 260 g/mol. The van der Waals surface area contributed by atoms with Crippen LogP contribution in [0.1, 0.15) is 58.8 Å². The minimum absolute atomic E-state index is 0.137. The van der Waals surface area contributed by atoms with E-state index >= 15 is 0 Å². The van der Waals surface area contributed by atoms with E-state index in [1.54, 1.807) is 12.1 Å². The minimum atomic E-state index is -0.137. The van der Waals surface area contributed by atoms with Crippen LogP contribution in [-0.4, -0.2) is 25.9 Å². The molecule has 0 aromatic carbocycles.